The lowest BCUT2D eigenvalue weighted by atomic mass is 10.1. The minimum atomic E-state index is -0.345. The molecule has 0 amide bonds. The van der Waals surface area contributed by atoms with Crippen LogP contribution in [-0.4, -0.2) is 23.0 Å². The summed E-state index contributed by atoms with van der Waals surface area (Å²) in [4.78, 5) is 20.2. The third kappa shape index (κ3) is 2.83. The van der Waals surface area contributed by atoms with Gasteiger partial charge in [-0.3, -0.25) is 4.98 Å². The molecule has 104 valence electrons. The van der Waals surface area contributed by atoms with E-state index in [1.807, 2.05) is 29.6 Å². The minimum absolute atomic E-state index is 0.345. The lowest BCUT2D eigenvalue weighted by Gasteiger charge is -2.01. The Labute approximate surface area is 126 Å². The van der Waals surface area contributed by atoms with Crippen LogP contribution in [0.2, 0.25) is 0 Å². The van der Waals surface area contributed by atoms with Crippen molar-refractivity contribution in [2.45, 2.75) is 0 Å². The molecule has 2 aromatic heterocycles. The lowest BCUT2D eigenvalue weighted by molar-refractivity contribution is 0.0601. The van der Waals surface area contributed by atoms with Crippen molar-refractivity contribution in [3.8, 4) is 21.8 Å². The number of hydrogen-bond donors (Lipinski definition) is 0. The molecular formula is C16H12N2O2S. The van der Waals surface area contributed by atoms with Crippen molar-refractivity contribution in [2.75, 3.05) is 7.11 Å². The highest BCUT2D eigenvalue weighted by molar-refractivity contribution is 7.13. The monoisotopic (exact) mass is 296 g/mol. The standard InChI is InChI=1S/C16H12N2O2S/c1-20-16(19)13-4-2-3-12(9-13)15-18-14(10-21-15)11-5-7-17-8-6-11/h2-10H,1H3. The third-order valence-electron chi connectivity index (χ3n) is 3.01. The molecule has 0 N–H and O–H groups in total. The van der Waals surface area contributed by atoms with E-state index in [4.69, 9.17) is 4.74 Å². The highest BCUT2D eigenvalue weighted by atomic mass is 32.1. The maximum Gasteiger partial charge on any atom is 0.337 e. The Hall–Kier alpha value is -2.53. The number of thiazole rings is 1. The Morgan fingerprint density at radius 3 is 2.71 bits per heavy atom. The van der Waals surface area contributed by atoms with Gasteiger partial charge in [-0.1, -0.05) is 12.1 Å². The van der Waals surface area contributed by atoms with Crippen LogP contribution in [0.4, 0.5) is 0 Å². The molecule has 0 saturated heterocycles. The van der Waals surface area contributed by atoms with Crippen LogP contribution in [0, 0.1) is 0 Å². The normalized spacial score (nSPS) is 10.3. The Bertz CT molecular complexity index is 769. The molecule has 0 atom stereocenters. The summed E-state index contributed by atoms with van der Waals surface area (Å²) in [6.07, 6.45) is 3.48. The highest BCUT2D eigenvalue weighted by Gasteiger charge is 2.10. The Kier molecular flexibility index (Phi) is 3.75. The van der Waals surface area contributed by atoms with Gasteiger partial charge in [0.05, 0.1) is 18.4 Å². The van der Waals surface area contributed by atoms with Gasteiger partial charge in [-0.2, -0.15) is 0 Å². The number of benzene rings is 1. The average molecular weight is 296 g/mol. The Morgan fingerprint density at radius 2 is 1.95 bits per heavy atom. The second-order valence-electron chi connectivity index (χ2n) is 4.35. The van der Waals surface area contributed by atoms with Crippen molar-refractivity contribution < 1.29 is 9.53 Å². The molecule has 21 heavy (non-hydrogen) atoms. The maximum atomic E-state index is 11.6. The van der Waals surface area contributed by atoms with Crippen LogP contribution in [0.15, 0.2) is 54.2 Å². The molecule has 2 heterocycles. The van der Waals surface area contributed by atoms with Crippen LogP contribution in [0.25, 0.3) is 21.8 Å². The van der Waals surface area contributed by atoms with Crippen molar-refractivity contribution in [1.29, 1.82) is 0 Å². The number of aromatic nitrogens is 2. The van der Waals surface area contributed by atoms with Gasteiger partial charge >= 0.3 is 5.97 Å². The van der Waals surface area contributed by atoms with Crippen LogP contribution in [0.3, 0.4) is 0 Å². The molecule has 0 aliphatic heterocycles. The van der Waals surface area contributed by atoms with Crippen molar-refractivity contribution in [3.63, 3.8) is 0 Å². The topological polar surface area (TPSA) is 52.1 Å². The summed E-state index contributed by atoms with van der Waals surface area (Å²) < 4.78 is 4.74. The number of rotatable bonds is 3. The number of ether oxygens (including phenoxy) is 1. The van der Waals surface area contributed by atoms with Gasteiger partial charge in [0.25, 0.3) is 0 Å². The fraction of sp³-hybridized carbons (Fsp3) is 0.0625. The van der Waals surface area contributed by atoms with Gasteiger partial charge in [-0.15, -0.1) is 11.3 Å². The summed E-state index contributed by atoms with van der Waals surface area (Å²) in [5, 5.41) is 2.86. The van der Waals surface area contributed by atoms with Gasteiger partial charge in [0, 0.05) is 28.9 Å². The zero-order chi connectivity index (χ0) is 14.7. The Balaban J connectivity index is 1.95. The number of esters is 1. The fourth-order valence-electron chi connectivity index (χ4n) is 1.96. The summed E-state index contributed by atoms with van der Waals surface area (Å²) in [5.74, 6) is -0.345. The van der Waals surface area contributed by atoms with Gasteiger partial charge < -0.3 is 4.74 Å². The van der Waals surface area contributed by atoms with E-state index in [1.165, 1.54) is 7.11 Å². The first-order valence-electron chi connectivity index (χ1n) is 6.32. The van der Waals surface area contributed by atoms with E-state index in [2.05, 4.69) is 9.97 Å². The Morgan fingerprint density at radius 1 is 1.14 bits per heavy atom. The number of hydrogen-bond acceptors (Lipinski definition) is 5. The van der Waals surface area contributed by atoms with E-state index in [0.717, 1.165) is 21.8 Å². The zero-order valence-corrected chi connectivity index (χ0v) is 12.1. The third-order valence-corrected chi connectivity index (χ3v) is 3.90. The van der Waals surface area contributed by atoms with Crippen molar-refractivity contribution >= 4 is 17.3 Å². The highest BCUT2D eigenvalue weighted by Crippen LogP contribution is 2.29. The van der Waals surface area contributed by atoms with Gasteiger partial charge in [-0.05, 0) is 24.3 Å². The molecule has 4 nitrogen and oxygen atoms in total. The molecule has 0 bridgehead atoms. The number of carbonyl (C=O) groups is 1. The SMILES string of the molecule is COC(=O)c1cccc(-c2nc(-c3ccncc3)cs2)c1. The molecule has 1 aromatic carbocycles. The molecule has 3 rings (SSSR count). The summed E-state index contributed by atoms with van der Waals surface area (Å²) in [5.41, 5.74) is 3.36. The first kappa shape index (κ1) is 13.5. The predicted molar refractivity (Wildman–Crippen MR) is 82.1 cm³/mol. The summed E-state index contributed by atoms with van der Waals surface area (Å²) in [6, 6.07) is 11.1. The molecule has 0 saturated carbocycles. The minimum Gasteiger partial charge on any atom is -0.465 e. The van der Waals surface area contributed by atoms with Crippen LogP contribution >= 0.6 is 11.3 Å². The van der Waals surface area contributed by atoms with Gasteiger partial charge in [0.1, 0.15) is 5.01 Å². The van der Waals surface area contributed by atoms with E-state index >= 15 is 0 Å². The second kappa shape index (κ2) is 5.85. The molecule has 0 unspecified atom stereocenters. The molecular weight excluding hydrogens is 284 g/mol. The quantitative estimate of drug-likeness (QED) is 0.692. The zero-order valence-electron chi connectivity index (χ0n) is 11.3. The molecule has 0 aliphatic rings. The van der Waals surface area contributed by atoms with Crippen molar-refractivity contribution in [3.05, 3.63) is 59.7 Å². The molecule has 3 aromatic rings. The van der Waals surface area contributed by atoms with Crippen LogP contribution < -0.4 is 0 Å². The maximum absolute atomic E-state index is 11.6. The summed E-state index contributed by atoms with van der Waals surface area (Å²) >= 11 is 1.54. The summed E-state index contributed by atoms with van der Waals surface area (Å²) in [6.45, 7) is 0. The van der Waals surface area contributed by atoms with Gasteiger partial charge in [-0.25, -0.2) is 9.78 Å². The van der Waals surface area contributed by atoms with Crippen molar-refractivity contribution in [1.82, 2.24) is 9.97 Å². The van der Waals surface area contributed by atoms with Gasteiger partial charge in [0.2, 0.25) is 0 Å². The molecule has 0 radical (unpaired) electrons. The van der Waals surface area contributed by atoms with E-state index < -0.39 is 0 Å². The molecule has 0 fully saturated rings. The number of pyridine rings is 1. The number of carbonyl (C=O) groups excluding carboxylic acids is 1. The second-order valence-corrected chi connectivity index (χ2v) is 5.20. The molecule has 0 aliphatic carbocycles. The number of methoxy groups -OCH3 is 1. The van der Waals surface area contributed by atoms with Crippen molar-refractivity contribution in [2.24, 2.45) is 0 Å². The first-order chi connectivity index (χ1) is 10.3. The molecule has 5 heteroatoms. The molecule has 0 spiro atoms. The summed E-state index contributed by atoms with van der Waals surface area (Å²) in [7, 11) is 1.37. The first-order valence-corrected chi connectivity index (χ1v) is 7.20. The predicted octanol–water partition coefficient (Wildman–Crippen LogP) is 3.66. The lowest BCUT2D eigenvalue weighted by Crippen LogP contribution is -2.00. The van der Waals surface area contributed by atoms with Crippen LogP contribution in [-0.2, 0) is 4.74 Å². The van der Waals surface area contributed by atoms with Crippen LogP contribution in [0.5, 0.6) is 0 Å². The van der Waals surface area contributed by atoms with Crippen LogP contribution in [0.1, 0.15) is 10.4 Å². The fourth-order valence-corrected chi connectivity index (χ4v) is 2.78. The van der Waals surface area contributed by atoms with E-state index in [9.17, 15) is 4.79 Å². The van der Waals surface area contributed by atoms with E-state index in [-0.39, 0.29) is 5.97 Å². The average Bonchev–Trinajstić information content (AvgIpc) is 3.05. The largest absolute Gasteiger partial charge is 0.465 e. The number of nitrogens with zero attached hydrogens (tertiary/aromatic N) is 2. The van der Waals surface area contributed by atoms with E-state index in [0.29, 0.717) is 5.56 Å². The van der Waals surface area contributed by atoms with Gasteiger partial charge in [0.15, 0.2) is 0 Å². The van der Waals surface area contributed by atoms with E-state index in [1.54, 1.807) is 35.9 Å². The smallest absolute Gasteiger partial charge is 0.337 e.